The summed E-state index contributed by atoms with van der Waals surface area (Å²) in [5, 5.41) is 9.70. The van der Waals surface area contributed by atoms with Gasteiger partial charge >= 0.3 is 0 Å². The third-order valence-electron chi connectivity index (χ3n) is 4.99. The van der Waals surface area contributed by atoms with Crippen LogP contribution in [0.1, 0.15) is 51.0 Å². The number of carbonyl (C=O) groups is 1. The number of carbonyl (C=O) groups excluding carboxylic acids is 1. The molecule has 3 heteroatoms. The molecule has 2 fully saturated rings. The molecule has 1 aliphatic carbocycles. The molecular formula is C18H25NO2. The Morgan fingerprint density at radius 3 is 2.67 bits per heavy atom. The summed E-state index contributed by atoms with van der Waals surface area (Å²) < 4.78 is 0. The molecule has 114 valence electrons. The number of piperidine rings is 1. The molecule has 0 aromatic heterocycles. The van der Waals surface area contributed by atoms with Gasteiger partial charge in [0.2, 0.25) is 5.91 Å². The highest BCUT2D eigenvalue weighted by Gasteiger charge is 2.53. The zero-order valence-electron chi connectivity index (χ0n) is 12.8. The lowest BCUT2D eigenvalue weighted by Gasteiger charge is -2.39. The molecule has 1 aromatic rings. The van der Waals surface area contributed by atoms with Gasteiger partial charge in [-0.1, -0.05) is 30.3 Å². The molecule has 0 radical (unpaired) electrons. The molecule has 1 amide bonds. The number of benzene rings is 1. The number of rotatable bonds is 4. The van der Waals surface area contributed by atoms with Crippen LogP contribution in [0.5, 0.6) is 0 Å². The van der Waals surface area contributed by atoms with Gasteiger partial charge in [0.05, 0.1) is 11.5 Å². The second-order valence-corrected chi connectivity index (χ2v) is 6.68. The van der Waals surface area contributed by atoms with Crippen molar-refractivity contribution in [2.75, 3.05) is 6.54 Å². The van der Waals surface area contributed by atoms with Crippen LogP contribution < -0.4 is 0 Å². The Morgan fingerprint density at radius 2 is 2.05 bits per heavy atom. The summed E-state index contributed by atoms with van der Waals surface area (Å²) in [7, 11) is 0. The average Bonchev–Trinajstić information content (AvgIpc) is 3.29. The van der Waals surface area contributed by atoms with Gasteiger partial charge in [0.25, 0.3) is 0 Å². The normalized spacial score (nSPS) is 25.4. The molecule has 1 N–H and O–H groups in total. The van der Waals surface area contributed by atoms with Crippen molar-refractivity contribution in [3.63, 3.8) is 0 Å². The predicted octanol–water partition coefficient (Wildman–Crippen LogP) is 2.87. The molecule has 1 aromatic carbocycles. The third kappa shape index (κ3) is 2.84. The van der Waals surface area contributed by atoms with Gasteiger partial charge in [-0.15, -0.1) is 0 Å². The monoisotopic (exact) mass is 287 g/mol. The Bertz CT molecular complexity index is 493. The Labute approximate surface area is 127 Å². The van der Waals surface area contributed by atoms with Gasteiger partial charge in [-0.25, -0.2) is 0 Å². The first-order valence-electron chi connectivity index (χ1n) is 8.18. The van der Waals surface area contributed by atoms with Crippen molar-refractivity contribution in [3.05, 3.63) is 35.9 Å². The SMILES string of the molecule is CC(O)CC1CCCCN1C(=O)C1(c2ccccc2)CC1. The molecule has 2 aliphatic rings. The van der Waals surface area contributed by atoms with E-state index in [1.807, 2.05) is 25.1 Å². The van der Waals surface area contributed by atoms with Gasteiger partial charge < -0.3 is 10.0 Å². The van der Waals surface area contributed by atoms with Crippen molar-refractivity contribution in [1.82, 2.24) is 4.90 Å². The molecule has 3 nitrogen and oxygen atoms in total. The lowest BCUT2D eigenvalue weighted by Crippen LogP contribution is -2.49. The van der Waals surface area contributed by atoms with Gasteiger partial charge in [-0.05, 0) is 51.0 Å². The summed E-state index contributed by atoms with van der Waals surface area (Å²) in [4.78, 5) is 15.2. The number of aliphatic hydroxyl groups is 1. The minimum absolute atomic E-state index is 0.215. The smallest absolute Gasteiger partial charge is 0.233 e. The van der Waals surface area contributed by atoms with E-state index in [2.05, 4.69) is 17.0 Å². The third-order valence-corrected chi connectivity index (χ3v) is 4.99. The second kappa shape index (κ2) is 5.80. The first-order chi connectivity index (χ1) is 10.1. The highest BCUT2D eigenvalue weighted by molar-refractivity contribution is 5.91. The summed E-state index contributed by atoms with van der Waals surface area (Å²) in [6, 6.07) is 10.4. The minimum Gasteiger partial charge on any atom is -0.393 e. The fourth-order valence-electron chi connectivity index (χ4n) is 3.69. The van der Waals surface area contributed by atoms with Crippen LogP contribution in [-0.4, -0.2) is 34.6 Å². The zero-order chi connectivity index (χ0) is 14.9. The Balaban J connectivity index is 1.80. The van der Waals surface area contributed by atoms with Crippen molar-refractivity contribution in [2.24, 2.45) is 0 Å². The molecule has 21 heavy (non-hydrogen) atoms. The maximum absolute atomic E-state index is 13.1. The molecule has 1 saturated heterocycles. The summed E-state index contributed by atoms with van der Waals surface area (Å²) in [6.45, 7) is 2.67. The van der Waals surface area contributed by atoms with Gasteiger partial charge in [-0.3, -0.25) is 4.79 Å². The van der Waals surface area contributed by atoms with E-state index in [9.17, 15) is 9.90 Å². The first kappa shape index (κ1) is 14.6. The standard InChI is InChI=1S/C18H25NO2/c1-14(20)13-16-9-5-6-12-19(16)17(21)18(10-11-18)15-7-3-2-4-8-15/h2-4,7-8,14,16,20H,5-6,9-13H2,1H3. The van der Waals surface area contributed by atoms with Crippen LogP contribution in [0, 0.1) is 0 Å². The number of hydrogen-bond donors (Lipinski definition) is 1. The highest BCUT2D eigenvalue weighted by atomic mass is 16.3. The van der Waals surface area contributed by atoms with E-state index < -0.39 is 0 Å². The van der Waals surface area contributed by atoms with E-state index in [4.69, 9.17) is 0 Å². The van der Waals surface area contributed by atoms with Crippen LogP contribution in [-0.2, 0) is 10.2 Å². The zero-order valence-corrected chi connectivity index (χ0v) is 12.8. The quantitative estimate of drug-likeness (QED) is 0.925. The molecule has 0 bridgehead atoms. The van der Waals surface area contributed by atoms with E-state index in [1.165, 1.54) is 6.42 Å². The second-order valence-electron chi connectivity index (χ2n) is 6.68. The summed E-state index contributed by atoms with van der Waals surface area (Å²) >= 11 is 0. The fraction of sp³-hybridized carbons (Fsp3) is 0.611. The first-order valence-corrected chi connectivity index (χ1v) is 8.18. The summed E-state index contributed by atoms with van der Waals surface area (Å²) in [5.41, 5.74) is 0.895. The predicted molar refractivity (Wildman–Crippen MR) is 83.0 cm³/mol. The number of hydrogen-bond acceptors (Lipinski definition) is 2. The number of nitrogens with zero attached hydrogens (tertiary/aromatic N) is 1. The molecule has 3 rings (SSSR count). The average molecular weight is 287 g/mol. The van der Waals surface area contributed by atoms with Crippen molar-refractivity contribution < 1.29 is 9.90 Å². The Kier molecular flexibility index (Phi) is 4.03. The van der Waals surface area contributed by atoms with Crippen LogP contribution in [0.3, 0.4) is 0 Å². The summed E-state index contributed by atoms with van der Waals surface area (Å²) in [6.07, 6.45) is 5.58. The lowest BCUT2D eigenvalue weighted by molar-refractivity contribution is -0.138. The lowest BCUT2D eigenvalue weighted by atomic mass is 9.90. The van der Waals surface area contributed by atoms with E-state index >= 15 is 0 Å². The van der Waals surface area contributed by atoms with Crippen LogP contribution >= 0.6 is 0 Å². The molecule has 0 spiro atoms. The van der Waals surface area contributed by atoms with Crippen molar-refractivity contribution in [3.8, 4) is 0 Å². The van der Waals surface area contributed by atoms with Gasteiger partial charge in [0.1, 0.15) is 0 Å². The largest absolute Gasteiger partial charge is 0.393 e. The van der Waals surface area contributed by atoms with Crippen molar-refractivity contribution >= 4 is 5.91 Å². The minimum atomic E-state index is -0.338. The molecule has 1 heterocycles. The molecule has 1 saturated carbocycles. The maximum atomic E-state index is 13.1. The molecule has 2 atom stereocenters. The van der Waals surface area contributed by atoms with Crippen LogP contribution in [0.25, 0.3) is 0 Å². The van der Waals surface area contributed by atoms with Crippen LogP contribution in [0.4, 0.5) is 0 Å². The van der Waals surface area contributed by atoms with Crippen LogP contribution in [0.15, 0.2) is 30.3 Å². The van der Waals surface area contributed by atoms with E-state index in [1.54, 1.807) is 0 Å². The molecular weight excluding hydrogens is 262 g/mol. The topological polar surface area (TPSA) is 40.5 Å². The molecule has 1 aliphatic heterocycles. The molecule has 2 unspecified atom stereocenters. The van der Waals surface area contributed by atoms with Gasteiger partial charge in [0, 0.05) is 12.6 Å². The number of likely N-dealkylation sites (tertiary alicyclic amines) is 1. The Morgan fingerprint density at radius 1 is 1.33 bits per heavy atom. The van der Waals surface area contributed by atoms with E-state index in [-0.39, 0.29) is 17.6 Å². The highest BCUT2D eigenvalue weighted by Crippen LogP contribution is 2.50. The van der Waals surface area contributed by atoms with Gasteiger partial charge in [0.15, 0.2) is 0 Å². The number of aliphatic hydroxyl groups excluding tert-OH is 1. The fourth-order valence-corrected chi connectivity index (χ4v) is 3.69. The van der Waals surface area contributed by atoms with E-state index in [0.29, 0.717) is 12.3 Å². The maximum Gasteiger partial charge on any atom is 0.233 e. The van der Waals surface area contributed by atoms with Crippen molar-refractivity contribution in [1.29, 1.82) is 0 Å². The summed E-state index contributed by atoms with van der Waals surface area (Å²) in [5.74, 6) is 0.291. The van der Waals surface area contributed by atoms with Crippen molar-refractivity contribution in [2.45, 2.75) is 63.0 Å². The number of amides is 1. The van der Waals surface area contributed by atoms with Crippen LogP contribution in [0.2, 0.25) is 0 Å². The Hall–Kier alpha value is -1.35. The van der Waals surface area contributed by atoms with Gasteiger partial charge in [-0.2, -0.15) is 0 Å². The van der Waals surface area contributed by atoms with E-state index in [0.717, 1.165) is 37.8 Å².